The minimum atomic E-state index is 0.568. The fourth-order valence-corrected chi connectivity index (χ4v) is 1.99. The number of anilines is 2. The van der Waals surface area contributed by atoms with Crippen LogP contribution in [0.25, 0.3) is 0 Å². The first-order chi connectivity index (χ1) is 8.77. The van der Waals surface area contributed by atoms with E-state index in [1.54, 1.807) is 12.4 Å². The minimum absolute atomic E-state index is 0.568. The van der Waals surface area contributed by atoms with Gasteiger partial charge in [-0.1, -0.05) is 18.2 Å². The van der Waals surface area contributed by atoms with Gasteiger partial charge in [-0.25, -0.2) is 0 Å². The predicted octanol–water partition coefficient (Wildman–Crippen LogP) is 2.92. The van der Waals surface area contributed by atoms with Crippen molar-refractivity contribution in [2.75, 3.05) is 24.2 Å². The highest BCUT2D eigenvalue weighted by atomic mass is 79.9. The molecule has 0 amide bonds. The SMILES string of the molecule is Nc1cncc(Br)c1NCCOc1ccccc1. The molecule has 0 aliphatic heterocycles. The molecular formula is C13H14BrN3O. The summed E-state index contributed by atoms with van der Waals surface area (Å²) in [5.41, 5.74) is 7.28. The van der Waals surface area contributed by atoms with Gasteiger partial charge in [-0.05, 0) is 28.1 Å². The molecule has 0 saturated carbocycles. The van der Waals surface area contributed by atoms with E-state index in [0.29, 0.717) is 18.8 Å². The standard InChI is InChI=1S/C13H14BrN3O/c14-11-8-16-9-12(15)13(11)17-6-7-18-10-4-2-1-3-5-10/h1-5,8-9H,6-7,15H2,(H,16,17). The third kappa shape index (κ3) is 3.37. The van der Waals surface area contributed by atoms with Gasteiger partial charge in [0.15, 0.2) is 0 Å². The molecule has 4 nitrogen and oxygen atoms in total. The fourth-order valence-electron chi connectivity index (χ4n) is 1.50. The Morgan fingerprint density at radius 2 is 2.00 bits per heavy atom. The van der Waals surface area contributed by atoms with Crippen molar-refractivity contribution in [3.63, 3.8) is 0 Å². The maximum Gasteiger partial charge on any atom is 0.119 e. The number of hydrogen-bond acceptors (Lipinski definition) is 4. The second kappa shape index (κ2) is 6.26. The van der Waals surface area contributed by atoms with Gasteiger partial charge in [-0.2, -0.15) is 0 Å². The first-order valence-corrected chi connectivity index (χ1v) is 6.37. The normalized spacial score (nSPS) is 10.1. The summed E-state index contributed by atoms with van der Waals surface area (Å²) in [7, 11) is 0. The number of benzene rings is 1. The minimum Gasteiger partial charge on any atom is -0.492 e. The molecule has 1 aromatic carbocycles. The summed E-state index contributed by atoms with van der Waals surface area (Å²) in [6, 6.07) is 9.70. The molecule has 18 heavy (non-hydrogen) atoms. The van der Waals surface area contributed by atoms with Gasteiger partial charge in [-0.3, -0.25) is 4.98 Å². The molecule has 0 unspecified atom stereocenters. The van der Waals surface area contributed by atoms with Crippen molar-refractivity contribution in [2.45, 2.75) is 0 Å². The molecule has 0 atom stereocenters. The van der Waals surface area contributed by atoms with Crippen LogP contribution in [0.2, 0.25) is 0 Å². The smallest absolute Gasteiger partial charge is 0.119 e. The van der Waals surface area contributed by atoms with Gasteiger partial charge in [0.25, 0.3) is 0 Å². The van der Waals surface area contributed by atoms with Crippen molar-refractivity contribution in [1.82, 2.24) is 4.98 Å². The zero-order chi connectivity index (χ0) is 12.8. The van der Waals surface area contributed by atoms with Crippen molar-refractivity contribution >= 4 is 27.3 Å². The van der Waals surface area contributed by atoms with Crippen LogP contribution in [0.1, 0.15) is 0 Å². The lowest BCUT2D eigenvalue weighted by Crippen LogP contribution is -2.13. The Kier molecular flexibility index (Phi) is 4.41. The third-order valence-corrected chi connectivity index (χ3v) is 2.95. The zero-order valence-corrected chi connectivity index (χ0v) is 11.4. The van der Waals surface area contributed by atoms with Crippen molar-refractivity contribution in [1.29, 1.82) is 0 Å². The van der Waals surface area contributed by atoms with Crippen LogP contribution in [0.4, 0.5) is 11.4 Å². The van der Waals surface area contributed by atoms with E-state index in [0.717, 1.165) is 15.9 Å². The van der Waals surface area contributed by atoms with Crippen molar-refractivity contribution in [3.8, 4) is 5.75 Å². The molecule has 94 valence electrons. The number of halogens is 1. The van der Waals surface area contributed by atoms with E-state index in [-0.39, 0.29) is 0 Å². The van der Waals surface area contributed by atoms with Gasteiger partial charge in [0, 0.05) is 12.7 Å². The first-order valence-electron chi connectivity index (χ1n) is 5.58. The van der Waals surface area contributed by atoms with Crippen LogP contribution < -0.4 is 15.8 Å². The van der Waals surface area contributed by atoms with Crippen LogP contribution in [0.15, 0.2) is 47.2 Å². The molecule has 1 aromatic heterocycles. The molecule has 2 aromatic rings. The van der Waals surface area contributed by atoms with E-state index in [4.69, 9.17) is 10.5 Å². The summed E-state index contributed by atoms with van der Waals surface area (Å²) in [6.45, 7) is 1.24. The third-order valence-electron chi connectivity index (χ3n) is 2.34. The number of nitrogens with two attached hydrogens (primary N) is 1. The van der Waals surface area contributed by atoms with E-state index in [1.165, 1.54) is 0 Å². The highest BCUT2D eigenvalue weighted by Gasteiger charge is 2.03. The Morgan fingerprint density at radius 3 is 2.72 bits per heavy atom. The van der Waals surface area contributed by atoms with Crippen molar-refractivity contribution in [3.05, 3.63) is 47.2 Å². The quantitative estimate of drug-likeness (QED) is 0.834. The van der Waals surface area contributed by atoms with E-state index >= 15 is 0 Å². The van der Waals surface area contributed by atoms with Gasteiger partial charge >= 0.3 is 0 Å². The Labute approximate surface area is 114 Å². The van der Waals surface area contributed by atoms with Crippen LogP contribution in [0, 0.1) is 0 Å². The van der Waals surface area contributed by atoms with Crippen LogP contribution in [0.5, 0.6) is 5.75 Å². The molecule has 0 aliphatic rings. The summed E-state index contributed by atoms with van der Waals surface area (Å²) in [6.07, 6.45) is 3.32. The average Bonchev–Trinajstić information content (AvgIpc) is 2.38. The molecule has 3 N–H and O–H groups in total. The van der Waals surface area contributed by atoms with Gasteiger partial charge in [0.2, 0.25) is 0 Å². The molecule has 0 saturated heterocycles. The molecular weight excluding hydrogens is 294 g/mol. The molecule has 0 radical (unpaired) electrons. The van der Waals surface area contributed by atoms with Crippen LogP contribution in [-0.4, -0.2) is 18.1 Å². The first kappa shape index (κ1) is 12.7. The fraction of sp³-hybridized carbons (Fsp3) is 0.154. The average molecular weight is 308 g/mol. The second-order valence-electron chi connectivity index (χ2n) is 3.67. The number of aromatic nitrogens is 1. The lowest BCUT2D eigenvalue weighted by Gasteiger charge is -2.11. The van der Waals surface area contributed by atoms with Gasteiger partial charge in [-0.15, -0.1) is 0 Å². The second-order valence-corrected chi connectivity index (χ2v) is 4.53. The summed E-state index contributed by atoms with van der Waals surface area (Å²) in [5.74, 6) is 0.862. The maximum atomic E-state index is 5.82. The number of ether oxygens (including phenoxy) is 1. The number of hydrogen-bond donors (Lipinski definition) is 2. The molecule has 2 rings (SSSR count). The summed E-state index contributed by atoms with van der Waals surface area (Å²) >= 11 is 3.40. The van der Waals surface area contributed by atoms with Gasteiger partial charge in [0.05, 0.1) is 22.0 Å². The molecule has 1 heterocycles. The molecule has 0 fully saturated rings. The lowest BCUT2D eigenvalue weighted by atomic mass is 10.3. The highest BCUT2D eigenvalue weighted by molar-refractivity contribution is 9.10. The van der Waals surface area contributed by atoms with Crippen LogP contribution >= 0.6 is 15.9 Å². The van der Waals surface area contributed by atoms with E-state index in [2.05, 4.69) is 26.2 Å². The molecule has 0 aliphatic carbocycles. The summed E-state index contributed by atoms with van der Waals surface area (Å²) in [5, 5.41) is 3.21. The molecule has 5 heteroatoms. The Balaban J connectivity index is 1.82. The monoisotopic (exact) mass is 307 g/mol. The number of nitrogen functional groups attached to an aromatic ring is 1. The number of nitrogens with zero attached hydrogens (tertiary/aromatic N) is 1. The van der Waals surface area contributed by atoms with E-state index < -0.39 is 0 Å². The topological polar surface area (TPSA) is 60.2 Å². The predicted molar refractivity (Wildman–Crippen MR) is 76.8 cm³/mol. The molecule has 0 bridgehead atoms. The van der Waals surface area contributed by atoms with Gasteiger partial charge < -0.3 is 15.8 Å². The van der Waals surface area contributed by atoms with Gasteiger partial charge in [0.1, 0.15) is 12.4 Å². The number of pyridine rings is 1. The summed E-state index contributed by atoms with van der Waals surface area (Å²) in [4.78, 5) is 3.98. The Hall–Kier alpha value is -1.75. The van der Waals surface area contributed by atoms with E-state index in [9.17, 15) is 0 Å². The zero-order valence-electron chi connectivity index (χ0n) is 9.77. The van der Waals surface area contributed by atoms with Crippen molar-refractivity contribution < 1.29 is 4.74 Å². The number of nitrogens with one attached hydrogen (secondary N) is 1. The van der Waals surface area contributed by atoms with Crippen molar-refractivity contribution in [2.24, 2.45) is 0 Å². The Bertz CT molecular complexity index is 485. The maximum absolute atomic E-state index is 5.82. The van der Waals surface area contributed by atoms with Crippen LogP contribution in [-0.2, 0) is 0 Å². The number of rotatable bonds is 5. The Morgan fingerprint density at radius 1 is 1.22 bits per heavy atom. The largest absolute Gasteiger partial charge is 0.492 e. The summed E-state index contributed by atoms with van der Waals surface area (Å²) < 4.78 is 6.42. The molecule has 0 spiro atoms. The van der Waals surface area contributed by atoms with E-state index in [1.807, 2.05) is 30.3 Å². The highest BCUT2D eigenvalue weighted by Crippen LogP contribution is 2.26. The number of para-hydroxylation sites is 1. The van der Waals surface area contributed by atoms with Crippen LogP contribution in [0.3, 0.4) is 0 Å². The lowest BCUT2D eigenvalue weighted by molar-refractivity contribution is 0.333.